The monoisotopic (exact) mass is 775 g/mol. The van der Waals surface area contributed by atoms with E-state index in [1.807, 2.05) is 30.3 Å². The van der Waals surface area contributed by atoms with E-state index in [1.165, 1.54) is 11.3 Å². The Kier molecular flexibility index (Phi) is 13.0. The van der Waals surface area contributed by atoms with E-state index in [2.05, 4.69) is 73.9 Å². The van der Waals surface area contributed by atoms with Crippen LogP contribution in [0.15, 0.2) is 84.9 Å². The molecule has 0 bridgehead atoms. The third kappa shape index (κ3) is 9.42. The molecular formula is C46H54FN5O5. The maximum Gasteiger partial charge on any atom is 0.251 e. The van der Waals surface area contributed by atoms with Gasteiger partial charge in [0, 0.05) is 107 Å². The second kappa shape index (κ2) is 18.7. The van der Waals surface area contributed by atoms with Gasteiger partial charge in [0.05, 0.1) is 19.4 Å². The average molecular weight is 776 g/mol. The number of anilines is 2. The zero-order chi connectivity index (χ0) is 39.7. The Morgan fingerprint density at radius 2 is 1.72 bits per heavy atom. The van der Waals surface area contributed by atoms with Crippen LogP contribution in [0, 0.1) is 11.7 Å². The van der Waals surface area contributed by atoms with Gasteiger partial charge in [0.2, 0.25) is 5.91 Å². The van der Waals surface area contributed by atoms with E-state index in [-0.39, 0.29) is 29.5 Å². The lowest BCUT2D eigenvalue weighted by molar-refractivity contribution is -0.120. The van der Waals surface area contributed by atoms with E-state index in [0.29, 0.717) is 44.0 Å². The van der Waals surface area contributed by atoms with Gasteiger partial charge in [-0.2, -0.15) is 0 Å². The van der Waals surface area contributed by atoms with E-state index in [4.69, 9.17) is 9.47 Å². The molecule has 0 saturated carbocycles. The molecule has 4 aliphatic heterocycles. The molecule has 10 nitrogen and oxygen atoms in total. The van der Waals surface area contributed by atoms with Crippen molar-refractivity contribution in [1.29, 1.82) is 0 Å². The number of aldehydes is 1. The zero-order valence-electron chi connectivity index (χ0n) is 33.1. The first-order chi connectivity index (χ1) is 27.8. The van der Waals surface area contributed by atoms with E-state index < -0.39 is 0 Å². The Bertz CT molecular complexity index is 2010. The minimum atomic E-state index is -0.151. The summed E-state index contributed by atoms with van der Waals surface area (Å²) < 4.78 is 27.7. The van der Waals surface area contributed by atoms with Crippen molar-refractivity contribution in [3.8, 4) is 11.5 Å². The van der Waals surface area contributed by atoms with Crippen LogP contribution in [0.1, 0.15) is 76.6 Å². The highest BCUT2D eigenvalue weighted by Crippen LogP contribution is 2.47. The Balaban J connectivity index is 0.000000494. The first kappa shape index (κ1) is 39.8. The molecule has 0 radical (unpaired) electrons. The van der Waals surface area contributed by atoms with Crippen molar-refractivity contribution in [2.24, 2.45) is 5.92 Å². The molecule has 0 aliphatic carbocycles. The molecule has 2 amide bonds. The van der Waals surface area contributed by atoms with Gasteiger partial charge in [-0.15, -0.1) is 0 Å². The van der Waals surface area contributed by atoms with Crippen molar-refractivity contribution in [2.45, 2.75) is 50.5 Å². The van der Waals surface area contributed by atoms with Gasteiger partial charge in [-0.25, -0.2) is 4.39 Å². The number of hydrogen-bond acceptors (Lipinski definition) is 8. The van der Waals surface area contributed by atoms with Gasteiger partial charge in [-0.3, -0.25) is 14.5 Å². The Morgan fingerprint density at radius 1 is 0.930 bits per heavy atom. The Labute approximate surface area is 335 Å². The van der Waals surface area contributed by atoms with Gasteiger partial charge in [0.1, 0.15) is 23.6 Å². The minimum Gasteiger partial charge on any atom is -0.497 e. The number of benzene rings is 4. The summed E-state index contributed by atoms with van der Waals surface area (Å²) in [5, 5.41) is 5.39. The number of fused-ring (bicyclic) bond motifs is 2. The van der Waals surface area contributed by atoms with E-state index in [9.17, 15) is 14.4 Å². The second-order valence-corrected chi connectivity index (χ2v) is 15.4. The molecule has 300 valence electrons. The molecule has 4 aliphatic rings. The van der Waals surface area contributed by atoms with Crippen molar-refractivity contribution < 1.29 is 28.2 Å². The molecule has 8 rings (SSSR count). The van der Waals surface area contributed by atoms with Crippen molar-refractivity contribution in [3.05, 3.63) is 119 Å². The van der Waals surface area contributed by atoms with Gasteiger partial charge in [0.15, 0.2) is 0 Å². The summed E-state index contributed by atoms with van der Waals surface area (Å²) in [5.74, 6) is 2.11. The lowest BCUT2D eigenvalue weighted by atomic mass is 9.76. The number of unbranched alkanes of at least 4 members (excludes halogenated alkanes) is 1. The number of carbonyl (C=O) groups is 3. The maximum atomic E-state index is 16.0. The second-order valence-electron chi connectivity index (χ2n) is 15.4. The van der Waals surface area contributed by atoms with Crippen molar-refractivity contribution in [1.82, 2.24) is 15.5 Å². The van der Waals surface area contributed by atoms with Crippen LogP contribution in [0.4, 0.5) is 15.8 Å². The Morgan fingerprint density at radius 3 is 2.44 bits per heavy atom. The van der Waals surface area contributed by atoms with Gasteiger partial charge in [-0.05, 0) is 78.3 Å². The van der Waals surface area contributed by atoms with Crippen LogP contribution in [0.2, 0.25) is 0 Å². The van der Waals surface area contributed by atoms with Gasteiger partial charge in [0.25, 0.3) is 5.91 Å². The highest BCUT2D eigenvalue weighted by molar-refractivity contribution is 5.98. The first-order valence-corrected chi connectivity index (χ1v) is 20.3. The third-order valence-corrected chi connectivity index (χ3v) is 11.9. The molecule has 2 atom stereocenters. The summed E-state index contributed by atoms with van der Waals surface area (Å²) >= 11 is 0. The zero-order valence-corrected chi connectivity index (χ0v) is 33.1. The van der Waals surface area contributed by atoms with Crippen LogP contribution < -0.4 is 29.9 Å². The quantitative estimate of drug-likeness (QED) is 0.131. The summed E-state index contributed by atoms with van der Waals surface area (Å²) in [6, 6.07) is 28.5. The van der Waals surface area contributed by atoms with Gasteiger partial charge >= 0.3 is 0 Å². The van der Waals surface area contributed by atoms with Crippen LogP contribution in [-0.4, -0.2) is 89.6 Å². The molecule has 11 heteroatoms. The van der Waals surface area contributed by atoms with E-state index >= 15 is 4.39 Å². The molecule has 2 saturated heterocycles. The summed E-state index contributed by atoms with van der Waals surface area (Å²) in [4.78, 5) is 39.4. The minimum absolute atomic E-state index is 0.00292. The lowest BCUT2D eigenvalue weighted by Gasteiger charge is -2.40. The SMILES string of the molecule is CNC(=O)CCCC=O.COc1ccc2c(c1)OCC(c1ccccc1)C2c1ccc(N2CCC(CN3CCN(c4ccc5c(c4)CNC5=O)CC3)CC2)c(F)c1. The van der Waals surface area contributed by atoms with Crippen LogP contribution in [-0.2, 0) is 16.1 Å². The number of ether oxygens (including phenoxy) is 2. The maximum absolute atomic E-state index is 16.0. The fraction of sp³-hybridized carbons (Fsp3) is 0.413. The molecule has 4 heterocycles. The predicted octanol–water partition coefficient (Wildman–Crippen LogP) is 6.53. The number of nitrogens with zero attached hydrogens (tertiary/aromatic N) is 3. The molecule has 4 aromatic rings. The molecule has 4 aromatic carbocycles. The molecule has 57 heavy (non-hydrogen) atoms. The van der Waals surface area contributed by atoms with Crippen molar-refractivity contribution >= 4 is 29.5 Å². The van der Waals surface area contributed by atoms with Crippen LogP contribution >= 0.6 is 0 Å². The number of amides is 2. The van der Waals surface area contributed by atoms with Gasteiger partial charge < -0.3 is 34.7 Å². The summed E-state index contributed by atoms with van der Waals surface area (Å²) in [6.07, 6.45) is 4.55. The summed E-state index contributed by atoms with van der Waals surface area (Å²) in [6.45, 7) is 8.05. The predicted molar refractivity (Wildman–Crippen MR) is 221 cm³/mol. The number of piperidine rings is 1. The number of carbonyl (C=O) groups excluding carboxylic acids is 3. The fourth-order valence-electron chi connectivity index (χ4n) is 8.69. The third-order valence-electron chi connectivity index (χ3n) is 11.9. The van der Waals surface area contributed by atoms with Crippen LogP contribution in [0.25, 0.3) is 0 Å². The van der Waals surface area contributed by atoms with Crippen LogP contribution in [0.5, 0.6) is 11.5 Å². The van der Waals surface area contributed by atoms with Crippen molar-refractivity contribution in [3.63, 3.8) is 0 Å². The lowest BCUT2D eigenvalue weighted by Crippen LogP contribution is -2.49. The van der Waals surface area contributed by atoms with E-state index in [1.54, 1.807) is 20.2 Å². The van der Waals surface area contributed by atoms with Crippen molar-refractivity contribution in [2.75, 3.05) is 76.4 Å². The molecular weight excluding hydrogens is 722 g/mol. The number of halogens is 1. The molecule has 0 aromatic heterocycles. The highest BCUT2D eigenvalue weighted by Gasteiger charge is 2.35. The number of rotatable bonds is 11. The Hall–Kier alpha value is -5.42. The standard InChI is InChI=1S/C40H43FN4O3.C6H11NO2/c1-47-32-9-11-34-38(23-32)48-26-35(28-5-3-2-4-6-28)39(34)29-7-12-37(36(41)22-29)45-15-13-27(14-16-45)25-43-17-19-44(20-18-43)31-8-10-33-30(21-31)24-42-40(33)46;1-7-6(9)4-2-3-5-8/h2-12,21-23,27,35,39H,13-20,24-26H2,1H3,(H,42,46);5H,2-4H2,1H3,(H,7,9). The first-order valence-electron chi connectivity index (χ1n) is 20.3. The summed E-state index contributed by atoms with van der Waals surface area (Å²) in [5.41, 5.74) is 7.05. The smallest absolute Gasteiger partial charge is 0.251 e. The number of piperazine rings is 1. The van der Waals surface area contributed by atoms with Crippen LogP contribution in [0.3, 0.4) is 0 Å². The van der Waals surface area contributed by atoms with Gasteiger partial charge in [-0.1, -0.05) is 42.5 Å². The van der Waals surface area contributed by atoms with E-state index in [0.717, 1.165) is 98.7 Å². The molecule has 2 N–H and O–H groups in total. The summed E-state index contributed by atoms with van der Waals surface area (Å²) in [7, 11) is 3.25. The molecule has 2 unspecified atom stereocenters. The normalized spacial score (nSPS) is 19.3. The number of nitrogens with one attached hydrogen (secondary N) is 2. The fourth-order valence-corrected chi connectivity index (χ4v) is 8.69. The topological polar surface area (TPSA) is 103 Å². The highest BCUT2D eigenvalue weighted by atomic mass is 19.1. The number of methoxy groups -OCH3 is 1. The molecule has 0 spiro atoms. The molecule has 2 fully saturated rings. The number of hydrogen-bond donors (Lipinski definition) is 2. The average Bonchev–Trinajstić information content (AvgIpc) is 3.63. The largest absolute Gasteiger partial charge is 0.497 e.